The second kappa shape index (κ2) is 9.39. The smallest absolute Gasteiger partial charge is 0.346 e. The predicted molar refractivity (Wildman–Crippen MR) is 89.2 cm³/mol. The molecule has 1 aromatic rings. The third-order valence-corrected chi connectivity index (χ3v) is 4.22. The number of carbonyl (C=O) groups excluding carboxylic acids is 1. The molecule has 0 spiro atoms. The summed E-state index contributed by atoms with van der Waals surface area (Å²) in [5.74, 6) is -4.71. The number of nitrogens with one attached hydrogen (secondary N) is 1. The number of nitrogens with two attached hydrogens (primary N) is 1. The molecule has 0 radical (unpaired) electrons. The maximum absolute atomic E-state index is 14.2. The molecule has 1 aliphatic rings. The number of alkyl halides is 2. The molecule has 0 aromatic carbocycles. The SMILES string of the molecule is Cl.Cl.Cn1nccc1C(F)(F)C(=O)NC(CN)C1CCCCC1. The number of rotatable bonds is 5. The Hall–Kier alpha value is -0.920. The maximum Gasteiger partial charge on any atom is 0.365 e. The second-order valence-corrected chi connectivity index (χ2v) is 5.63. The number of amides is 1. The van der Waals surface area contributed by atoms with Gasteiger partial charge in [0.1, 0.15) is 5.69 Å². The third kappa shape index (κ3) is 5.02. The second-order valence-electron chi connectivity index (χ2n) is 5.63. The first-order valence-corrected chi connectivity index (χ1v) is 7.34. The Morgan fingerprint density at radius 2 is 2.04 bits per heavy atom. The van der Waals surface area contributed by atoms with Crippen LogP contribution in [0, 0.1) is 5.92 Å². The summed E-state index contributed by atoms with van der Waals surface area (Å²) in [5, 5.41) is 6.12. The van der Waals surface area contributed by atoms with Crippen molar-refractivity contribution in [1.82, 2.24) is 15.1 Å². The molecule has 9 heteroatoms. The van der Waals surface area contributed by atoms with E-state index in [0.717, 1.165) is 42.9 Å². The first-order chi connectivity index (χ1) is 9.96. The Bertz CT molecular complexity index is 493. The summed E-state index contributed by atoms with van der Waals surface area (Å²) in [6.45, 7) is 0.178. The summed E-state index contributed by atoms with van der Waals surface area (Å²) in [6.07, 6.45) is 6.40. The van der Waals surface area contributed by atoms with Crippen molar-refractivity contribution in [3.05, 3.63) is 18.0 Å². The van der Waals surface area contributed by atoms with Crippen LogP contribution in [0.25, 0.3) is 0 Å². The minimum atomic E-state index is -3.60. The normalized spacial score (nSPS) is 16.9. The Balaban J connectivity index is 0.00000242. The van der Waals surface area contributed by atoms with Crippen LogP contribution in [-0.4, -0.2) is 28.3 Å². The molecule has 1 amide bonds. The third-order valence-electron chi connectivity index (χ3n) is 4.22. The standard InChI is InChI=1S/C14H22F2N4O.2ClH/c1-20-12(7-8-18-20)14(15,16)13(21)19-11(9-17)10-5-3-2-4-6-10;;/h7-8,10-11H,2-6,9,17H2,1H3,(H,19,21);2*1H. The van der Waals surface area contributed by atoms with Crippen LogP contribution in [0.5, 0.6) is 0 Å². The summed E-state index contributed by atoms with van der Waals surface area (Å²) in [7, 11) is 1.39. The van der Waals surface area contributed by atoms with E-state index in [9.17, 15) is 13.6 Å². The van der Waals surface area contributed by atoms with E-state index in [-0.39, 0.29) is 37.3 Å². The van der Waals surface area contributed by atoms with Crippen LogP contribution in [0.3, 0.4) is 0 Å². The molecule has 1 saturated carbocycles. The zero-order valence-corrected chi connectivity index (χ0v) is 14.6. The van der Waals surface area contributed by atoms with Crippen LogP contribution in [0.1, 0.15) is 37.8 Å². The van der Waals surface area contributed by atoms with Gasteiger partial charge in [0.05, 0.1) is 0 Å². The van der Waals surface area contributed by atoms with E-state index in [0.29, 0.717) is 0 Å². The number of halogens is 4. The van der Waals surface area contributed by atoms with Gasteiger partial charge in [-0.1, -0.05) is 19.3 Å². The zero-order chi connectivity index (χ0) is 15.5. The van der Waals surface area contributed by atoms with Crippen LogP contribution in [0.4, 0.5) is 8.78 Å². The van der Waals surface area contributed by atoms with E-state index in [1.54, 1.807) is 0 Å². The van der Waals surface area contributed by atoms with Crippen molar-refractivity contribution in [2.45, 2.75) is 44.1 Å². The van der Waals surface area contributed by atoms with Crippen molar-refractivity contribution < 1.29 is 13.6 Å². The molecule has 0 aliphatic heterocycles. The van der Waals surface area contributed by atoms with E-state index >= 15 is 0 Å². The van der Waals surface area contributed by atoms with Gasteiger partial charge >= 0.3 is 5.92 Å². The average molecular weight is 373 g/mol. The van der Waals surface area contributed by atoms with Gasteiger partial charge in [-0.05, 0) is 24.8 Å². The van der Waals surface area contributed by atoms with E-state index in [1.807, 2.05) is 0 Å². The summed E-state index contributed by atoms with van der Waals surface area (Å²) < 4.78 is 29.4. The maximum atomic E-state index is 14.2. The fourth-order valence-corrected chi connectivity index (χ4v) is 2.96. The van der Waals surface area contributed by atoms with Crippen molar-refractivity contribution in [3.8, 4) is 0 Å². The molecule has 1 fully saturated rings. The van der Waals surface area contributed by atoms with E-state index in [2.05, 4.69) is 10.4 Å². The number of aryl methyl sites for hydroxylation is 1. The van der Waals surface area contributed by atoms with Crippen molar-refractivity contribution in [2.75, 3.05) is 6.54 Å². The van der Waals surface area contributed by atoms with Gasteiger partial charge in [-0.15, -0.1) is 24.8 Å². The van der Waals surface area contributed by atoms with Crippen LogP contribution in [0.15, 0.2) is 12.3 Å². The fourth-order valence-electron chi connectivity index (χ4n) is 2.96. The number of hydrogen-bond acceptors (Lipinski definition) is 3. The molecule has 1 aliphatic carbocycles. The molecule has 23 heavy (non-hydrogen) atoms. The van der Waals surface area contributed by atoms with Crippen molar-refractivity contribution in [2.24, 2.45) is 18.7 Å². The lowest BCUT2D eigenvalue weighted by Crippen LogP contribution is -2.50. The fraction of sp³-hybridized carbons (Fsp3) is 0.714. The van der Waals surface area contributed by atoms with Crippen LogP contribution in [0.2, 0.25) is 0 Å². The van der Waals surface area contributed by atoms with Gasteiger partial charge < -0.3 is 11.1 Å². The minimum Gasteiger partial charge on any atom is -0.346 e. The van der Waals surface area contributed by atoms with Crippen molar-refractivity contribution in [3.63, 3.8) is 0 Å². The largest absolute Gasteiger partial charge is 0.365 e. The molecule has 5 nitrogen and oxygen atoms in total. The molecular formula is C14H24Cl2F2N4O. The Morgan fingerprint density at radius 1 is 1.43 bits per heavy atom. The van der Waals surface area contributed by atoms with Gasteiger partial charge in [0.2, 0.25) is 0 Å². The molecule has 3 N–H and O–H groups in total. The van der Waals surface area contributed by atoms with E-state index in [4.69, 9.17) is 5.73 Å². The molecule has 1 atom stereocenters. The summed E-state index contributed by atoms with van der Waals surface area (Å²) in [5.41, 5.74) is 5.25. The Kier molecular flexibility index (Phi) is 9.02. The highest BCUT2D eigenvalue weighted by Crippen LogP contribution is 2.30. The predicted octanol–water partition coefficient (Wildman–Crippen LogP) is 2.38. The van der Waals surface area contributed by atoms with Gasteiger partial charge in [0.25, 0.3) is 5.91 Å². The van der Waals surface area contributed by atoms with Crippen molar-refractivity contribution >= 4 is 30.7 Å². The summed E-state index contributed by atoms with van der Waals surface area (Å²) in [4.78, 5) is 12.0. The molecule has 2 rings (SSSR count). The molecule has 1 aromatic heterocycles. The summed E-state index contributed by atoms with van der Waals surface area (Å²) >= 11 is 0. The topological polar surface area (TPSA) is 72.9 Å². The molecule has 1 heterocycles. The minimum absolute atomic E-state index is 0. The van der Waals surface area contributed by atoms with Crippen LogP contribution < -0.4 is 11.1 Å². The van der Waals surface area contributed by atoms with Gasteiger partial charge in [-0.25, -0.2) is 0 Å². The highest BCUT2D eigenvalue weighted by molar-refractivity contribution is 5.85. The van der Waals surface area contributed by atoms with Gasteiger partial charge in [-0.3, -0.25) is 9.48 Å². The molecule has 0 bridgehead atoms. The molecule has 0 saturated heterocycles. The van der Waals surface area contributed by atoms with Crippen LogP contribution in [-0.2, 0) is 17.8 Å². The van der Waals surface area contributed by atoms with Gasteiger partial charge in [0, 0.05) is 25.8 Å². The van der Waals surface area contributed by atoms with Crippen molar-refractivity contribution in [1.29, 1.82) is 0 Å². The lowest BCUT2D eigenvalue weighted by atomic mass is 9.84. The highest BCUT2D eigenvalue weighted by Gasteiger charge is 2.44. The van der Waals surface area contributed by atoms with E-state index < -0.39 is 23.6 Å². The molecular weight excluding hydrogens is 349 g/mol. The van der Waals surface area contributed by atoms with E-state index in [1.165, 1.54) is 13.2 Å². The Morgan fingerprint density at radius 3 is 2.52 bits per heavy atom. The number of aromatic nitrogens is 2. The number of hydrogen-bond donors (Lipinski definition) is 2. The monoisotopic (exact) mass is 372 g/mol. The first-order valence-electron chi connectivity index (χ1n) is 7.34. The molecule has 1 unspecified atom stereocenters. The number of nitrogens with zero attached hydrogens (tertiary/aromatic N) is 2. The lowest BCUT2D eigenvalue weighted by Gasteiger charge is -2.31. The zero-order valence-electron chi connectivity index (χ0n) is 13.0. The first kappa shape index (κ1) is 22.1. The van der Waals surface area contributed by atoms with Crippen LogP contribution >= 0.6 is 24.8 Å². The van der Waals surface area contributed by atoms with Gasteiger partial charge in [0.15, 0.2) is 0 Å². The highest BCUT2D eigenvalue weighted by atomic mass is 35.5. The summed E-state index contributed by atoms with van der Waals surface area (Å²) in [6, 6.07) is 0.759. The number of carbonyl (C=O) groups is 1. The van der Waals surface area contributed by atoms with Gasteiger partial charge in [-0.2, -0.15) is 13.9 Å². The lowest BCUT2D eigenvalue weighted by molar-refractivity contribution is -0.149. The molecule has 134 valence electrons. The Labute approximate surface area is 147 Å². The quantitative estimate of drug-likeness (QED) is 0.833. The average Bonchev–Trinajstić information content (AvgIpc) is 2.92.